The van der Waals surface area contributed by atoms with Crippen LogP contribution in [0.1, 0.15) is 27.7 Å². The van der Waals surface area contributed by atoms with Crippen LogP contribution in [0.2, 0.25) is 4.34 Å². The van der Waals surface area contributed by atoms with E-state index in [1.807, 2.05) is 32.0 Å². The van der Waals surface area contributed by atoms with E-state index in [2.05, 4.69) is 15.9 Å². The first-order valence-corrected chi connectivity index (χ1v) is 7.70. The number of aliphatic hydroxyl groups excluding tert-OH is 1. The third kappa shape index (κ3) is 2.97. The monoisotopic (exact) mass is 360 g/mol. The van der Waals surface area contributed by atoms with E-state index < -0.39 is 6.10 Å². The van der Waals surface area contributed by atoms with E-state index in [1.54, 1.807) is 7.11 Å². The highest BCUT2D eigenvalue weighted by molar-refractivity contribution is 9.10. The van der Waals surface area contributed by atoms with Gasteiger partial charge in [0, 0.05) is 9.35 Å². The van der Waals surface area contributed by atoms with Gasteiger partial charge in [0.05, 0.1) is 7.11 Å². The molecule has 1 heterocycles. The van der Waals surface area contributed by atoms with Gasteiger partial charge in [-0.05, 0) is 64.7 Å². The van der Waals surface area contributed by atoms with Crippen molar-refractivity contribution >= 4 is 38.9 Å². The van der Waals surface area contributed by atoms with Gasteiger partial charge in [0.15, 0.2) is 0 Å². The van der Waals surface area contributed by atoms with Crippen LogP contribution in [-0.2, 0) is 0 Å². The van der Waals surface area contributed by atoms with E-state index in [0.29, 0.717) is 4.34 Å². The third-order valence-electron chi connectivity index (χ3n) is 3.01. The minimum atomic E-state index is -0.668. The first-order valence-electron chi connectivity index (χ1n) is 5.72. The summed E-state index contributed by atoms with van der Waals surface area (Å²) >= 11 is 10.8. The van der Waals surface area contributed by atoms with Crippen molar-refractivity contribution in [3.63, 3.8) is 0 Å². The predicted octanol–water partition coefficient (Wildman–Crippen LogP) is 4.87. The molecule has 0 spiro atoms. The molecule has 102 valence electrons. The molecule has 0 fully saturated rings. The van der Waals surface area contributed by atoms with Crippen LogP contribution in [0.15, 0.2) is 22.7 Å². The number of hydrogen-bond donors (Lipinski definition) is 1. The van der Waals surface area contributed by atoms with Gasteiger partial charge in [-0.25, -0.2) is 0 Å². The topological polar surface area (TPSA) is 29.5 Å². The number of ether oxygens (including phenoxy) is 1. The Balaban J connectivity index is 2.44. The van der Waals surface area contributed by atoms with Crippen LogP contribution >= 0.6 is 38.9 Å². The second-order valence-corrected chi connectivity index (χ2v) is 6.89. The molecule has 2 rings (SSSR count). The minimum absolute atomic E-state index is 0.650. The molecule has 1 aromatic carbocycles. The van der Waals surface area contributed by atoms with Gasteiger partial charge < -0.3 is 9.84 Å². The number of methoxy groups -OCH3 is 1. The van der Waals surface area contributed by atoms with Gasteiger partial charge in [-0.1, -0.05) is 11.6 Å². The van der Waals surface area contributed by atoms with Gasteiger partial charge in [-0.2, -0.15) is 0 Å². The number of benzene rings is 1. The van der Waals surface area contributed by atoms with Crippen LogP contribution in [0.4, 0.5) is 0 Å². The van der Waals surface area contributed by atoms with Crippen molar-refractivity contribution < 1.29 is 9.84 Å². The van der Waals surface area contributed by atoms with Gasteiger partial charge in [0.25, 0.3) is 0 Å². The van der Waals surface area contributed by atoms with Gasteiger partial charge in [-0.3, -0.25) is 0 Å². The second-order valence-electron chi connectivity index (χ2n) is 4.35. The SMILES string of the molecule is COc1cc(C)c(C(O)c2cc(Br)c(Cl)s2)cc1C. The number of rotatable bonds is 3. The molecule has 1 unspecified atom stereocenters. The minimum Gasteiger partial charge on any atom is -0.496 e. The van der Waals surface area contributed by atoms with Crippen LogP contribution in [0, 0.1) is 13.8 Å². The summed E-state index contributed by atoms with van der Waals surface area (Å²) in [4.78, 5) is 0.824. The van der Waals surface area contributed by atoms with Crippen molar-refractivity contribution in [2.75, 3.05) is 7.11 Å². The van der Waals surface area contributed by atoms with Crippen molar-refractivity contribution in [2.45, 2.75) is 20.0 Å². The number of aryl methyl sites for hydroxylation is 2. The molecule has 0 saturated heterocycles. The molecule has 2 aromatic rings. The Morgan fingerprint density at radius 1 is 1.26 bits per heavy atom. The summed E-state index contributed by atoms with van der Waals surface area (Å²) in [5, 5.41) is 10.5. The normalized spacial score (nSPS) is 12.5. The van der Waals surface area contributed by atoms with E-state index in [-0.39, 0.29) is 0 Å². The van der Waals surface area contributed by atoms with Crippen molar-refractivity contribution in [3.8, 4) is 5.75 Å². The molecule has 2 nitrogen and oxygen atoms in total. The van der Waals surface area contributed by atoms with Gasteiger partial charge in [0.2, 0.25) is 0 Å². The lowest BCUT2D eigenvalue weighted by Crippen LogP contribution is -2.01. The quantitative estimate of drug-likeness (QED) is 0.845. The smallest absolute Gasteiger partial charge is 0.122 e. The summed E-state index contributed by atoms with van der Waals surface area (Å²) in [5.74, 6) is 0.832. The predicted molar refractivity (Wildman–Crippen MR) is 83.6 cm³/mol. The fraction of sp³-hybridized carbons (Fsp3) is 0.286. The average molecular weight is 362 g/mol. The Labute approximate surface area is 130 Å². The molecule has 0 aliphatic heterocycles. The van der Waals surface area contributed by atoms with Crippen molar-refractivity contribution in [1.82, 2.24) is 0 Å². The highest BCUT2D eigenvalue weighted by atomic mass is 79.9. The molecule has 1 aromatic heterocycles. The first-order chi connectivity index (χ1) is 8.93. The van der Waals surface area contributed by atoms with Crippen LogP contribution in [0.25, 0.3) is 0 Å². The number of aliphatic hydroxyl groups is 1. The number of thiophene rings is 1. The Morgan fingerprint density at radius 2 is 1.95 bits per heavy atom. The summed E-state index contributed by atoms with van der Waals surface area (Å²) < 4.78 is 6.75. The largest absolute Gasteiger partial charge is 0.496 e. The van der Waals surface area contributed by atoms with E-state index in [9.17, 15) is 5.11 Å². The lowest BCUT2D eigenvalue weighted by molar-refractivity contribution is 0.223. The Hall–Kier alpha value is -0.550. The molecule has 1 N–H and O–H groups in total. The molecular weight excluding hydrogens is 348 g/mol. The molecular formula is C14H14BrClO2S. The fourth-order valence-electron chi connectivity index (χ4n) is 1.98. The lowest BCUT2D eigenvalue weighted by atomic mass is 9.99. The number of hydrogen-bond acceptors (Lipinski definition) is 3. The van der Waals surface area contributed by atoms with E-state index in [0.717, 1.165) is 31.8 Å². The summed E-state index contributed by atoms with van der Waals surface area (Å²) in [6.45, 7) is 3.93. The molecule has 0 radical (unpaired) electrons. The van der Waals surface area contributed by atoms with Crippen LogP contribution in [0.5, 0.6) is 5.75 Å². The molecule has 1 atom stereocenters. The zero-order valence-electron chi connectivity index (χ0n) is 10.8. The molecule has 5 heteroatoms. The summed E-state index contributed by atoms with van der Waals surface area (Å²) in [5.41, 5.74) is 2.88. The van der Waals surface area contributed by atoms with Gasteiger partial charge >= 0.3 is 0 Å². The lowest BCUT2D eigenvalue weighted by Gasteiger charge is -2.15. The zero-order valence-corrected chi connectivity index (χ0v) is 14.0. The molecule has 0 bridgehead atoms. The van der Waals surface area contributed by atoms with E-state index >= 15 is 0 Å². The summed E-state index contributed by atoms with van der Waals surface area (Å²) in [6, 6.07) is 5.76. The molecule has 0 saturated carbocycles. The van der Waals surface area contributed by atoms with E-state index in [1.165, 1.54) is 11.3 Å². The number of halogens is 2. The first kappa shape index (κ1) is 14.9. The van der Waals surface area contributed by atoms with Crippen LogP contribution in [-0.4, -0.2) is 12.2 Å². The highest BCUT2D eigenvalue weighted by Crippen LogP contribution is 2.39. The Kier molecular flexibility index (Phi) is 4.56. The fourth-order valence-corrected chi connectivity index (χ4v) is 3.72. The van der Waals surface area contributed by atoms with Crippen molar-refractivity contribution in [1.29, 1.82) is 0 Å². The molecule has 19 heavy (non-hydrogen) atoms. The molecule has 0 aliphatic carbocycles. The average Bonchev–Trinajstić information content (AvgIpc) is 2.71. The van der Waals surface area contributed by atoms with Crippen LogP contribution < -0.4 is 4.74 Å². The standard InChI is InChI=1S/C14H14BrClO2S/c1-7-5-11(18-3)8(2)4-9(7)13(17)12-6-10(15)14(16)19-12/h4-6,13,17H,1-3H3. The maximum Gasteiger partial charge on any atom is 0.122 e. The Bertz CT molecular complexity index is 590. The van der Waals surface area contributed by atoms with Crippen LogP contribution in [0.3, 0.4) is 0 Å². The van der Waals surface area contributed by atoms with Crippen molar-refractivity contribution in [2.24, 2.45) is 0 Å². The van der Waals surface area contributed by atoms with Crippen molar-refractivity contribution in [3.05, 3.63) is 48.6 Å². The van der Waals surface area contributed by atoms with E-state index in [4.69, 9.17) is 16.3 Å². The highest BCUT2D eigenvalue weighted by Gasteiger charge is 2.18. The maximum absolute atomic E-state index is 10.5. The summed E-state index contributed by atoms with van der Waals surface area (Å²) in [6.07, 6.45) is -0.668. The summed E-state index contributed by atoms with van der Waals surface area (Å²) in [7, 11) is 1.65. The Morgan fingerprint density at radius 3 is 2.47 bits per heavy atom. The van der Waals surface area contributed by atoms with Gasteiger partial charge in [0.1, 0.15) is 16.2 Å². The third-order valence-corrected chi connectivity index (χ3v) is 5.54. The molecule has 0 aliphatic rings. The van der Waals surface area contributed by atoms with Gasteiger partial charge in [-0.15, -0.1) is 11.3 Å². The second kappa shape index (κ2) is 5.83. The maximum atomic E-state index is 10.5. The zero-order chi connectivity index (χ0) is 14.2. The molecule has 0 amide bonds.